The summed E-state index contributed by atoms with van der Waals surface area (Å²) in [7, 11) is 2.06. The van der Waals surface area contributed by atoms with Crippen LogP contribution in [0.1, 0.15) is 18.2 Å². The molecule has 4 heteroatoms. The maximum absolute atomic E-state index is 8.87. The highest BCUT2D eigenvalue weighted by atomic mass is 35.5. The molecule has 0 spiro atoms. The van der Waals surface area contributed by atoms with Crippen LogP contribution >= 0.6 is 22.9 Å². The van der Waals surface area contributed by atoms with Crippen molar-refractivity contribution in [1.82, 2.24) is 4.90 Å². The van der Waals surface area contributed by atoms with E-state index >= 15 is 0 Å². The average molecular weight is 257 g/mol. The fraction of sp³-hybridized carbons (Fsp3) is 0.583. The molecular weight excluding hydrogens is 240 g/mol. The van der Waals surface area contributed by atoms with Gasteiger partial charge in [0.05, 0.1) is 16.3 Å². The van der Waals surface area contributed by atoms with Crippen LogP contribution in [0.2, 0.25) is 4.34 Å². The molecular formula is C12H17ClN2S. The van der Waals surface area contributed by atoms with Gasteiger partial charge in [-0.2, -0.15) is 5.26 Å². The first-order valence-corrected chi connectivity index (χ1v) is 6.67. The Hall–Kier alpha value is -0.560. The predicted octanol–water partition coefficient (Wildman–Crippen LogP) is 3.43. The van der Waals surface area contributed by atoms with Crippen molar-refractivity contribution in [2.75, 3.05) is 20.1 Å². The van der Waals surface area contributed by atoms with Crippen molar-refractivity contribution < 1.29 is 0 Å². The van der Waals surface area contributed by atoms with Crippen molar-refractivity contribution >= 4 is 22.9 Å². The van der Waals surface area contributed by atoms with Crippen molar-refractivity contribution in [2.45, 2.75) is 19.8 Å². The van der Waals surface area contributed by atoms with Gasteiger partial charge >= 0.3 is 0 Å². The van der Waals surface area contributed by atoms with Crippen LogP contribution < -0.4 is 0 Å². The molecule has 1 atom stereocenters. The third kappa shape index (κ3) is 4.52. The molecule has 0 aliphatic carbocycles. The second-order valence-electron chi connectivity index (χ2n) is 3.95. The normalized spacial score (nSPS) is 12.7. The van der Waals surface area contributed by atoms with E-state index in [4.69, 9.17) is 16.9 Å². The van der Waals surface area contributed by atoms with Gasteiger partial charge in [-0.15, -0.1) is 11.3 Å². The molecule has 0 amide bonds. The van der Waals surface area contributed by atoms with Gasteiger partial charge in [-0.3, -0.25) is 0 Å². The van der Waals surface area contributed by atoms with Gasteiger partial charge in [0, 0.05) is 18.0 Å². The molecule has 1 heterocycles. The molecule has 0 aliphatic heterocycles. The maximum Gasteiger partial charge on any atom is 0.0931 e. The van der Waals surface area contributed by atoms with Gasteiger partial charge in [0.2, 0.25) is 0 Å². The second-order valence-corrected chi connectivity index (χ2v) is 5.75. The van der Waals surface area contributed by atoms with Gasteiger partial charge in [0.15, 0.2) is 0 Å². The summed E-state index contributed by atoms with van der Waals surface area (Å²) < 4.78 is 0.848. The van der Waals surface area contributed by atoms with Gasteiger partial charge in [-0.1, -0.05) is 18.5 Å². The Balaban J connectivity index is 2.30. The highest BCUT2D eigenvalue weighted by molar-refractivity contribution is 7.16. The van der Waals surface area contributed by atoms with E-state index < -0.39 is 0 Å². The molecule has 88 valence electrons. The van der Waals surface area contributed by atoms with E-state index in [1.807, 2.05) is 6.07 Å². The first kappa shape index (κ1) is 13.5. The van der Waals surface area contributed by atoms with Gasteiger partial charge in [0.25, 0.3) is 0 Å². The Kier molecular flexibility index (Phi) is 5.83. The lowest BCUT2D eigenvalue weighted by Crippen LogP contribution is -2.26. The zero-order valence-electron chi connectivity index (χ0n) is 9.74. The number of nitrogens with zero attached hydrogens (tertiary/aromatic N) is 2. The van der Waals surface area contributed by atoms with Gasteiger partial charge < -0.3 is 4.90 Å². The van der Waals surface area contributed by atoms with E-state index in [1.54, 1.807) is 11.3 Å². The number of likely N-dealkylation sites (N-methyl/N-ethyl adjacent to an activating group) is 1. The van der Waals surface area contributed by atoms with Crippen LogP contribution in [0.25, 0.3) is 0 Å². The molecule has 1 rings (SSSR count). The van der Waals surface area contributed by atoms with Gasteiger partial charge in [-0.25, -0.2) is 0 Å². The Morgan fingerprint density at radius 2 is 2.31 bits per heavy atom. The minimum Gasteiger partial charge on any atom is -0.305 e. The Morgan fingerprint density at radius 3 is 2.81 bits per heavy atom. The second kappa shape index (κ2) is 6.90. The molecule has 0 saturated heterocycles. The fourth-order valence-corrected chi connectivity index (χ4v) is 2.59. The van der Waals surface area contributed by atoms with Crippen molar-refractivity contribution in [1.29, 1.82) is 5.26 Å². The highest BCUT2D eigenvalue weighted by Gasteiger charge is 2.08. The first-order valence-electron chi connectivity index (χ1n) is 5.48. The van der Waals surface area contributed by atoms with E-state index in [9.17, 15) is 0 Å². The third-order valence-corrected chi connectivity index (χ3v) is 3.87. The molecule has 0 bridgehead atoms. The topological polar surface area (TPSA) is 27.0 Å². The summed E-state index contributed by atoms with van der Waals surface area (Å²) in [5.74, 6) is 0.150. The number of nitriles is 1. The standard InChI is InChI=1S/C12H17ClN2S/c1-3-10(8-14)9-15(2)7-6-11-4-5-12(13)16-11/h4-5,10H,3,6-7,9H2,1-2H3. The summed E-state index contributed by atoms with van der Waals surface area (Å²) in [6, 6.07) is 6.33. The molecule has 0 fully saturated rings. The molecule has 16 heavy (non-hydrogen) atoms. The van der Waals surface area contributed by atoms with Crippen LogP contribution in [0.5, 0.6) is 0 Å². The number of thiophene rings is 1. The SMILES string of the molecule is CCC(C#N)CN(C)CCc1ccc(Cl)s1. The van der Waals surface area contributed by atoms with Gasteiger partial charge in [-0.05, 0) is 32.0 Å². The first-order chi connectivity index (χ1) is 7.65. The molecule has 2 nitrogen and oxygen atoms in total. The zero-order valence-corrected chi connectivity index (χ0v) is 11.3. The van der Waals surface area contributed by atoms with Crippen LogP contribution in [0.4, 0.5) is 0 Å². The number of hydrogen-bond acceptors (Lipinski definition) is 3. The Bertz CT molecular complexity index is 356. The number of hydrogen-bond donors (Lipinski definition) is 0. The lowest BCUT2D eigenvalue weighted by molar-refractivity contribution is 0.304. The summed E-state index contributed by atoms with van der Waals surface area (Å²) in [5, 5.41) is 8.87. The van der Waals surface area contributed by atoms with Crippen molar-refractivity contribution in [3.63, 3.8) is 0 Å². The summed E-state index contributed by atoms with van der Waals surface area (Å²) >= 11 is 7.50. The smallest absolute Gasteiger partial charge is 0.0931 e. The van der Waals surface area contributed by atoms with E-state index in [-0.39, 0.29) is 5.92 Å². The van der Waals surface area contributed by atoms with Crippen LogP contribution in [-0.4, -0.2) is 25.0 Å². The highest BCUT2D eigenvalue weighted by Crippen LogP contribution is 2.21. The lowest BCUT2D eigenvalue weighted by atomic mass is 10.1. The van der Waals surface area contributed by atoms with Crippen LogP contribution in [0, 0.1) is 17.2 Å². The third-order valence-electron chi connectivity index (χ3n) is 2.58. The summed E-state index contributed by atoms with van der Waals surface area (Å²) in [6.45, 7) is 3.89. The lowest BCUT2D eigenvalue weighted by Gasteiger charge is -2.18. The Labute approximate surface area is 106 Å². The minimum atomic E-state index is 0.150. The monoisotopic (exact) mass is 256 g/mol. The summed E-state index contributed by atoms with van der Waals surface area (Å²) in [5.41, 5.74) is 0. The summed E-state index contributed by atoms with van der Waals surface area (Å²) in [6.07, 6.45) is 1.93. The molecule has 0 aromatic carbocycles. The van der Waals surface area contributed by atoms with E-state index in [1.165, 1.54) is 4.88 Å². The zero-order chi connectivity index (χ0) is 12.0. The maximum atomic E-state index is 8.87. The molecule has 1 unspecified atom stereocenters. The molecule has 0 saturated carbocycles. The molecule has 1 aromatic rings. The predicted molar refractivity (Wildman–Crippen MR) is 69.9 cm³/mol. The molecule has 1 aromatic heterocycles. The van der Waals surface area contributed by atoms with Crippen LogP contribution in [-0.2, 0) is 6.42 Å². The molecule has 0 aliphatic rings. The summed E-state index contributed by atoms with van der Waals surface area (Å²) in [4.78, 5) is 3.52. The van der Waals surface area contributed by atoms with Gasteiger partial charge in [0.1, 0.15) is 0 Å². The van der Waals surface area contributed by atoms with Crippen molar-refractivity contribution in [3.8, 4) is 6.07 Å². The average Bonchev–Trinajstić information content (AvgIpc) is 2.69. The molecule has 0 N–H and O–H groups in total. The van der Waals surface area contributed by atoms with E-state index in [2.05, 4.69) is 31.0 Å². The van der Waals surface area contributed by atoms with E-state index in [0.717, 1.165) is 30.3 Å². The van der Waals surface area contributed by atoms with Crippen LogP contribution in [0.15, 0.2) is 12.1 Å². The van der Waals surface area contributed by atoms with Crippen molar-refractivity contribution in [3.05, 3.63) is 21.3 Å². The van der Waals surface area contributed by atoms with Crippen molar-refractivity contribution in [2.24, 2.45) is 5.92 Å². The van der Waals surface area contributed by atoms with E-state index in [0.29, 0.717) is 0 Å². The number of halogens is 1. The number of rotatable bonds is 6. The fourth-order valence-electron chi connectivity index (χ4n) is 1.52. The largest absolute Gasteiger partial charge is 0.305 e. The Morgan fingerprint density at radius 1 is 1.56 bits per heavy atom. The quantitative estimate of drug-likeness (QED) is 0.780. The minimum absolute atomic E-state index is 0.150. The molecule has 0 radical (unpaired) electrons. The van der Waals surface area contributed by atoms with Crippen LogP contribution in [0.3, 0.4) is 0 Å².